The molecule has 1 aromatic rings. The molecule has 0 aliphatic rings. The first kappa shape index (κ1) is 20.5. The Kier molecular flexibility index (Phi) is 7.30. The molecule has 134 valence electrons. The zero-order valence-corrected chi connectivity index (χ0v) is 15.6. The van der Waals surface area contributed by atoms with Crippen LogP contribution in [0.4, 0.5) is 14.9 Å². The van der Waals surface area contributed by atoms with Gasteiger partial charge in [0.25, 0.3) is 0 Å². The number of hydrogen-bond acceptors (Lipinski definition) is 6. The number of ether oxygens (including phenoxy) is 1. The van der Waals surface area contributed by atoms with Gasteiger partial charge in [-0.15, -0.1) is 11.8 Å². The van der Waals surface area contributed by atoms with Crippen LogP contribution in [0.25, 0.3) is 0 Å². The number of aliphatic carboxylic acids is 1. The number of anilines is 1. The van der Waals surface area contributed by atoms with Crippen molar-refractivity contribution in [3.63, 3.8) is 0 Å². The molecule has 0 spiro atoms. The van der Waals surface area contributed by atoms with E-state index < -0.39 is 29.5 Å². The fourth-order valence-corrected chi connectivity index (χ4v) is 2.88. The smallest absolute Gasteiger partial charge is 0.408 e. The van der Waals surface area contributed by atoms with Gasteiger partial charge in [-0.1, -0.05) is 0 Å². The highest BCUT2D eigenvalue weighted by molar-refractivity contribution is 9.10. The molecule has 0 bridgehead atoms. The lowest BCUT2D eigenvalue weighted by molar-refractivity contribution is -0.138. The Morgan fingerprint density at radius 3 is 2.58 bits per heavy atom. The monoisotopic (exact) mass is 423 g/mol. The summed E-state index contributed by atoms with van der Waals surface area (Å²) in [6.45, 7) is 4.94. The Hall–Kier alpha value is -1.52. The molecule has 0 heterocycles. The number of carboxylic acid groups (broad SMARTS) is 1. The fourth-order valence-electron chi connectivity index (χ4n) is 1.53. The van der Waals surface area contributed by atoms with Crippen LogP contribution in [0.5, 0.6) is 0 Å². The van der Waals surface area contributed by atoms with Gasteiger partial charge in [-0.3, -0.25) is 0 Å². The molecule has 3 N–H and O–H groups in total. The predicted molar refractivity (Wildman–Crippen MR) is 92.6 cm³/mol. The predicted octanol–water partition coefficient (Wildman–Crippen LogP) is 3.57. The van der Waals surface area contributed by atoms with Crippen molar-refractivity contribution in [2.45, 2.75) is 37.3 Å². The second-order valence-electron chi connectivity index (χ2n) is 5.71. The Morgan fingerprint density at radius 2 is 2.08 bits per heavy atom. The molecule has 1 atom stereocenters. The molecule has 0 saturated heterocycles. The van der Waals surface area contributed by atoms with Gasteiger partial charge < -0.3 is 25.8 Å². The molecule has 1 aromatic carbocycles. The van der Waals surface area contributed by atoms with Crippen LogP contribution >= 0.6 is 27.7 Å². The number of rotatable bonds is 6. The number of carbonyl (C=O) groups is 2. The standard InChI is InChI=1S/C14H17BrFN2O5S/c1-14(2,3)23-13(21)17-10(12(19)20)6-24-11-5-8(16)7(15)4-9(11)18-22/h4-5,10,18H,6H2,1-3H3,(H,17,21)(H,19,20)/q-1/t10-/m0/s1. The minimum Gasteiger partial charge on any atom is -0.761 e. The maximum absolute atomic E-state index is 13.6. The van der Waals surface area contributed by atoms with Crippen LogP contribution in [0.3, 0.4) is 0 Å². The number of benzene rings is 1. The molecule has 0 aliphatic carbocycles. The summed E-state index contributed by atoms with van der Waals surface area (Å²) in [5.74, 6) is -1.99. The first-order chi connectivity index (χ1) is 11.0. The topological polar surface area (TPSA) is 111 Å². The Bertz CT molecular complexity index is 624. The highest BCUT2D eigenvalue weighted by Gasteiger charge is 2.24. The summed E-state index contributed by atoms with van der Waals surface area (Å²) in [5.41, 5.74) is 0.985. The van der Waals surface area contributed by atoms with Crippen LogP contribution in [0.2, 0.25) is 0 Å². The van der Waals surface area contributed by atoms with Crippen molar-refractivity contribution in [2.24, 2.45) is 0 Å². The average molecular weight is 424 g/mol. The maximum atomic E-state index is 13.6. The lowest BCUT2D eigenvalue weighted by Gasteiger charge is -2.22. The largest absolute Gasteiger partial charge is 0.761 e. The fraction of sp³-hybridized carbons (Fsp3) is 0.429. The second kappa shape index (κ2) is 8.54. The first-order valence-corrected chi connectivity index (χ1v) is 8.53. The van der Waals surface area contributed by atoms with Crippen LogP contribution in [-0.2, 0) is 9.53 Å². The van der Waals surface area contributed by atoms with E-state index in [-0.39, 0.29) is 20.8 Å². The third-order valence-corrected chi connectivity index (χ3v) is 4.28. The quantitative estimate of drug-likeness (QED) is 0.473. The molecule has 10 heteroatoms. The maximum Gasteiger partial charge on any atom is 0.408 e. The molecule has 1 rings (SSSR count). The van der Waals surface area contributed by atoms with E-state index in [2.05, 4.69) is 21.2 Å². The molecule has 0 aliphatic heterocycles. The Balaban J connectivity index is 2.79. The summed E-state index contributed by atoms with van der Waals surface area (Å²) >= 11 is 3.87. The van der Waals surface area contributed by atoms with E-state index in [0.29, 0.717) is 0 Å². The van der Waals surface area contributed by atoms with Crippen molar-refractivity contribution in [1.29, 1.82) is 0 Å². The average Bonchev–Trinajstić information content (AvgIpc) is 2.44. The first-order valence-electron chi connectivity index (χ1n) is 6.76. The van der Waals surface area contributed by atoms with E-state index in [1.165, 1.54) is 6.07 Å². The van der Waals surface area contributed by atoms with Gasteiger partial charge in [-0.25, -0.2) is 14.0 Å². The van der Waals surface area contributed by atoms with Gasteiger partial charge in [0.15, 0.2) is 0 Å². The normalized spacial score (nSPS) is 12.4. The van der Waals surface area contributed by atoms with Crippen LogP contribution in [0.15, 0.2) is 21.5 Å². The van der Waals surface area contributed by atoms with E-state index in [1.807, 2.05) is 0 Å². The number of amides is 1. The number of carboxylic acids is 1. The van der Waals surface area contributed by atoms with Crippen molar-refractivity contribution in [1.82, 2.24) is 5.32 Å². The Labute approximate surface area is 151 Å². The van der Waals surface area contributed by atoms with Crippen LogP contribution < -0.4 is 10.8 Å². The van der Waals surface area contributed by atoms with E-state index in [4.69, 9.17) is 4.74 Å². The number of hydrogen-bond donors (Lipinski definition) is 3. The minimum atomic E-state index is -1.28. The number of alkyl carbamates (subject to hydrolysis) is 1. The molecule has 1 amide bonds. The Morgan fingerprint density at radius 1 is 1.46 bits per heavy atom. The molecule has 24 heavy (non-hydrogen) atoms. The van der Waals surface area contributed by atoms with Gasteiger partial charge in [-0.05, 0) is 48.8 Å². The summed E-state index contributed by atoms with van der Waals surface area (Å²) in [4.78, 5) is 23.2. The highest BCUT2D eigenvalue weighted by atomic mass is 79.9. The highest BCUT2D eigenvalue weighted by Crippen LogP contribution is 2.32. The van der Waals surface area contributed by atoms with Gasteiger partial charge in [0.2, 0.25) is 0 Å². The zero-order valence-electron chi connectivity index (χ0n) is 13.2. The summed E-state index contributed by atoms with van der Waals surface area (Å²) in [5, 5.41) is 22.3. The van der Waals surface area contributed by atoms with Crippen LogP contribution in [-0.4, -0.2) is 34.6 Å². The molecule has 0 saturated carbocycles. The zero-order chi connectivity index (χ0) is 18.5. The summed E-state index contributed by atoms with van der Waals surface area (Å²) in [6.07, 6.45) is -0.875. The van der Waals surface area contributed by atoms with Gasteiger partial charge in [0, 0.05) is 16.3 Å². The molecule has 7 nitrogen and oxygen atoms in total. The SMILES string of the molecule is CC(C)(C)OC(=O)N[C@@H](CSc1cc(F)c(Br)cc1N[O-])C(=O)O. The molecule has 0 aromatic heterocycles. The summed E-state index contributed by atoms with van der Waals surface area (Å²) < 4.78 is 18.7. The van der Waals surface area contributed by atoms with Gasteiger partial charge in [-0.2, -0.15) is 0 Å². The molecular formula is C14H17BrFN2O5S-. The van der Waals surface area contributed by atoms with E-state index >= 15 is 0 Å². The van der Waals surface area contributed by atoms with E-state index in [0.717, 1.165) is 17.8 Å². The van der Waals surface area contributed by atoms with Crippen molar-refractivity contribution < 1.29 is 23.8 Å². The molecular weight excluding hydrogens is 407 g/mol. The summed E-state index contributed by atoms with van der Waals surface area (Å²) in [7, 11) is 0. The molecule has 0 unspecified atom stereocenters. The number of nitrogens with one attached hydrogen (secondary N) is 2. The van der Waals surface area contributed by atoms with E-state index in [1.54, 1.807) is 26.3 Å². The number of thioether (sulfide) groups is 1. The lowest BCUT2D eigenvalue weighted by Crippen LogP contribution is -2.44. The third kappa shape index (κ3) is 6.54. The van der Waals surface area contributed by atoms with Gasteiger partial charge in [0.05, 0.1) is 4.47 Å². The molecule has 0 fully saturated rings. The molecule has 0 radical (unpaired) electrons. The van der Waals surface area contributed by atoms with Gasteiger partial charge >= 0.3 is 12.1 Å². The van der Waals surface area contributed by atoms with Crippen molar-refractivity contribution in [3.8, 4) is 0 Å². The van der Waals surface area contributed by atoms with Crippen molar-refractivity contribution in [2.75, 3.05) is 11.2 Å². The number of halogens is 2. The second-order valence-corrected chi connectivity index (χ2v) is 7.63. The summed E-state index contributed by atoms with van der Waals surface area (Å²) in [6, 6.07) is 1.08. The van der Waals surface area contributed by atoms with Crippen molar-refractivity contribution >= 4 is 45.4 Å². The van der Waals surface area contributed by atoms with Gasteiger partial charge in [0.1, 0.15) is 17.5 Å². The third-order valence-electron chi connectivity index (χ3n) is 2.53. The minimum absolute atomic E-state index is 0.0923. The number of carbonyl (C=O) groups excluding carboxylic acids is 1. The van der Waals surface area contributed by atoms with Crippen molar-refractivity contribution in [3.05, 3.63) is 27.6 Å². The van der Waals surface area contributed by atoms with Crippen LogP contribution in [0.1, 0.15) is 20.8 Å². The van der Waals surface area contributed by atoms with E-state index in [9.17, 15) is 24.3 Å². The van der Waals surface area contributed by atoms with Crippen LogP contribution in [0, 0.1) is 11.0 Å². The lowest BCUT2D eigenvalue weighted by atomic mass is 10.2.